The Balaban J connectivity index is 1.98. The number of carbonyl (C=O) groups excluding carboxylic acids is 1. The number of hydrogen-bond donors (Lipinski definition) is 1. The van der Waals surface area contributed by atoms with Crippen LogP contribution in [0.4, 0.5) is 4.79 Å². The minimum Gasteiger partial charge on any atom is -0.444 e. The summed E-state index contributed by atoms with van der Waals surface area (Å²) in [5, 5.41) is 2.85. The Kier molecular flexibility index (Phi) is 3.56. The lowest BCUT2D eigenvalue weighted by atomic mass is 10.2. The van der Waals surface area contributed by atoms with Gasteiger partial charge in [-0.15, -0.1) is 0 Å². The second-order valence-electron chi connectivity index (χ2n) is 6.37. The quantitative estimate of drug-likeness (QED) is 0.913. The summed E-state index contributed by atoms with van der Waals surface area (Å²) >= 11 is 0. The van der Waals surface area contributed by atoms with Gasteiger partial charge in [-0.2, -0.15) is 0 Å². The van der Waals surface area contributed by atoms with E-state index in [1.165, 1.54) is 6.42 Å². The van der Waals surface area contributed by atoms with Crippen molar-refractivity contribution in [1.29, 1.82) is 0 Å². The molecule has 1 amide bonds. The molecule has 1 aromatic heterocycles. The highest BCUT2D eigenvalue weighted by atomic mass is 16.6. The molecule has 0 aromatic carbocycles. The average molecular weight is 265 g/mol. The number of carbonyl (C=O) groups is 1. The molecule has 1 aromatic rings. The van der Waals surface area contributed by atoms with Gasteiger partial charge in [-0.3, -0.25) is 0 Å². The van der Waals surface area contributed by atoms with Gasteiger partial charge >= 0.3 is 6.09 Å². The first-order valence-corrected chi connectivity index (χ1v) is 6.79. The number of imidazole rings is 1. The largest absolute Gasteiger partial charge is 0.444 e. The number of rotatable bonds is 3. The molecule has 1 N–H and O–H groups in total. The molecule has 2 rings (SSSR count). The number of alkyl carbamates (subject to hydrolysis) is 1. The molecule has 106 valence electrons. The molecule has 1 fully saturated rings. The summed E-state index contributed by atoms with van der Waals surface area (Å²) in [6.45, 7) is 9.74. The summed E-state index contributed by atoms with van der Waals surface area (Å²) in [6.07, 6.45) is 4.45. The van der Waals surface area contributed by atoms with E-state index in [-0.39, 0.29) is 6.04 Å². The predicted molar refractivity (Wildman–Crippen MR) is 72.8 cm³/mol. The van der Waals surface area contributed by atoms with Crippen LogP contribution in [0.15, 0.2) is 12.5 Å². The first-order chi connectivity index (χ1) is 8.78. The minimum absolute atomic E-state index is 0.106. The summed E-state index contributed by atoms with van der Waals surface area (Å²) < 4.78 is 7.42. The third-order valence-electron chi connectivity index (χ3n) is 3.30. The van der Waals surface area contributed by atoms with Crippen molar-refractivity contribution in [2.75, 3.05) is 0 Å². The van der Waals surface area contributed by atoms with Crippen LogP contribution < -0.4 is 5.32 Å². The molecule has 0 spiro atoms. The molecule has 1 aliphatic carbocycles. The summed E-state index contributed by atoms with van der Waals surface area (Å²) in [4.78, 5) is 16.0. The normalized spacial score (nSPS) is 23.8. The lowest BCUT2D eigenvalue weighted by Gasteiger charge is -2.22. The van der Waals surface area contributed by atoms with E-state index in [2.05, 4.69) is 21.8 Å². The molecular weight excluding hydrogens is 242 g/mol. The molecular formula is C14H23N3O2. The van der Waals surface area contributed by atoms with Gasteiger partial charge in [0.2, 0.25) is 0 Å². The number of amides is 1. The Labute approximate surface area is 114 Å². The summed E-state index contributed by atoms with van der Waals surface area (Å²) in [5.41, 5.74) is 0.551. The average Bonchev–Trinajstić information content (AvgIpc) is 2.78. The zero-order chi connectivity index (χ0) is 14.2. The van der Waals surface area contributed by atoms with Crippen molar-refractivity contribution in [2.45, 2.75) is 58.7 Å². The van der Waals surface area contributed by atoms with E-state index in [9.17, 15) is 4.79 Å². The molecule has 2 unspecified atom stereocenters. The zero-order valence-corrected chi connectivity index (χ0v) is 12.3. The van der Waals surface area contributed by atoms with E-state index in [1.54, 1.807) is 0 Å². The number of aromatic nitrogens is 2. The van der Waals surface area contributed by atoms with Crippen LogP contribution in [-0.4, -0.2) is 21.2 Å². The van der Waals surface area contributed by atoms with E-state index in [4.69, 9.17) is 4.74 Å². The van der Waals surface area contributed by atoms with Crippen molar-refractivity contribution in [1.82, 2.24) is 14.9 Å². The number of ether oxygens (including phenoxy) is 1. The fourth-order valence-corrected chi connectivity index (χ4v) is 2.18. The van der Waals surface area contributed by atoms with E-state index < -0.39 is 11.7 Å². The van der Waals surface area contributed by atoms with Gasteiger partial charge in [-0.25, -0.2) is 9.78 Å². The SMILES string of the molecule is CC1CC1n1cncc1[C@H](C)NC(=O)OC(C)(C)C. The molecule has 3 atom stereocenters. The van der Waals surface area contributed by atoms with Crippen molar-refractivity contribution in [3.63, 3.8) is 0 Å². The fraction of sp³-hybridized carbons (Fsp3) is 0.714. The second kappa shape index (κ2) is 4.87. The Bertz CT molecular complexity index is 462. The Morgan fingerprint density at radius 2 is 2.21 bits per heavy atom. The molecule has 0 radical (unpaired) electrons. The van der Waals surface area contributed by atoms with Crippen molar-refractivity contribution in [2.24, 2.45) is 5.92 Å². The van der Waals surface area contributed by atoms with Crippen LogP contribution in [0.1, 0.15) is 58.8 Å². The predicted octanol–water partition coefficient (Wildman–Crippen LogP) is 3.05. The number of nitrogens with one attached hydrogen (secondary N) is 1. The third kappa shape index (κ3) is 3.49. The Hall–Kier alpha value is -1.52. The van der Waals surface area contributed by atoms with Crippen LogP contribution in [-0.2, 0) is 4.74 Å². The first-order valence-electron chi connectivity index (χ1n) is 6.79. The van der Waals surface area contributed by atoms with Crippen LogP contribution in [0.2, 0.25) is 0 Å². The zero-order valence-electron chi connectivity index (χ0n) is 12.3. The van der Waals surface area contributed by atoms with Crippen molar-refractivity contribution < 1.29 is 9.53 Å². The number of nitrogens with zero attached hydrogens (tertiary/aromatic N) is 2. The molecule has 0 bridgehead atoms. The van der Waals surface area contributed by atoms with Crippen LogP contribution in [0.3, 0.4) is 0 Å². The minimum atomic E-state index is -0.477. The summed E-state index contributed by atoms with van der Waals surface area (Å²) in [6, 6.07) is 0.422. The Morgan fingerprint density at radius 1 is 1.58 bits per heavy atom. The molecule has 0 aliphatic heterocycles. The first kappa shape index (κ1) is 13.9. The topological polar surface area (TPSA) is 56.2 Å². The molecule has 1 heterocycles. The van der Waals surface area contributed by atoms with E-state index in [0.717, 1.165) is 5.69 Å². The van der Waals surface area contributed by atoms with Gasteiger partial charge in [-0.05, 0) is 40.0 Å². The fourth-order valence-electron chi connectivity index (χ4n) is 2.18. The van der Waals surface area contributed by atoms with Crippen LogP contribution in [0.25, 0.3) is 0 Å². The van der Waals surface area contributed by atoms with Gasteiger partial charge in [-0.1, -0.05) is 6.92 Å². The van der Waals surface area contributed by atoms with Crippen molar-refractivity contribution in [3.05, 3.63) is 18.2 Å². The maximum Gasteiger partial charge on any atom is 0.408 e. The maximum atomic E-state index is 11.8. The summed E-state index contributed by atoms with van der Waals surface area (Å²) in [7, 11) is 0. The Morgan fingerprint density at radius 3 is 2.74 bits per heavy atom. The van der Waals surface area contributed by atoms with Gasteiger partial charge in [0.15, 0.2) is 0 Å². The van der Waals surface area contributed by atoms with Gasteiger partial charge < -0.3 is 14.6 Å². The van der Waals surface area contributed by atoms with Gasteiger partial charge in [0.25, 0.3) is 0 Å². The second-order valence-corrected chi connectivity index (χ2v) is 6.37. The highest BCUT2D eigenvalue weighted by molar-refractivity contribution is 5.68. The van der Waals surface area contributed by atoms with Crippen LogP contribution in [0, 0.1) is 5.92 Å². The highest BCUT2D eigenvalue weighted by Crippen LogP contribution is 2.43. The molecule has 0 saturated heterocycles. The van der Waals surface area contributed by atoms with Crippen molar-refractivity contribution >= 4 is 6.09 Å². The smallest absolute Gasteiger partial charge is 0.408 e. The van der Waals surface area contributed by atoms with E-state index in [0.29, 0.717) is 12.0 Å². The van der Waals surface area contributed by atoms with Gasteiger partial charge in [0.1, 0.15) is 5.60 Å². The highest BCUT2D eigenvalue weighted by Gasteiger charge is 2.36. The maximum absolute atomic E-state index is 11.8. The third-order valence-corrected chi connectivity index (χ3v) is 3.30. The molecule has 5 nitrogen and oxygen atoms in total. The van der Waals surface area contributed by atoms with Crippen LogP contribution >= 0.6 is 0 Å². The molecule has 1 saturated carbocycles. The standard InChI is InChI=1S/C14H23N3O2/c1-9-6-11(9)17-8-15-7-12(17)10(2)16-13(18)19-14(3,4)5/h7-11H,6H2,1-5H3,(H,16,18)/t9?,10-,11?/m0/s1. The molecule has 5 heteroatoms. The van der Waals surface area contributed by atoms with Gasteiger partial charge in [0.05, 0.1) is 24.3 Å². The monoisotopic (exact) mass is 265 g/mol. The van der Waals surface area contributed by atoms with Crippen LogP contribution in [0.5, 0.6) is 0 Å². The lowest BCUT2D eigenvalue weighted by molar-refractivity contribution is 0.0506. The van der Waals surface area contributed by atoms with Gasteiger partial charge in [0, 0.05) is 6.04 Å². The number of hydrogen-bond acceptors (Lipinski definition) is 3. The summed E-state index contributed by atoms with van der Waals surface area (Å²) in [5.74, 6) is 0.696. The molecule has 19 heavy (non-hydrogen) atoms. The molecule has 1 aliphatic rings. The lowest BCUT2D eigenvalue weighted by Crippen LogP contribution is -2.34. The van der Waals surface area contributed by atoms with E-state index >= 15 is 0 Å². The van der Waals surface area contributed by atoms with Crippen molar-refractivity contribution in [3.8, 4) is 0 Å². The van der Waals surface area contributed by atoms with E-state index in [1.807, 2.05) is 40.2 Å².